The Labute approximate surface area is 188 Å². The number of aromatic amines is 1. The van der Waals surface area contributed by atoms with Gasteiger partial charge < -0.3 is 20.4 Å². The standard InChI is InChI=1S/C23H22N4O4S/c1-13-6-8-14(9-7-13)12-32-23-26-20-19(22(30)27-23)17(11-18(28)25-20)21(29)24-15-4-3-5-16(10-15)31-2/h3-10,17H,11-12H2,1-2H3,(H,24,29)(H2,25,26,27,28,30)/t17-/m1/s1. The minimum atomic E-state index is -0.947. The van der Waals surface area contributed by atoms with Crippen LogP contribution in [-0.2, 0) is 15.3 Å². The van der Waals surface area contributed by atoms with Crippen molar-refractivity contribution in [1.29, 1.82) is 0 Å². The summed E-state index contributed by atoms with van der Waals surface area (Å²) in [6.07, 6.45) is -0.135. The van der Waals surface area contributed by atoms with E-state index in [1.165, 1.54) is 24.4 Å². The summed E-state index contributed by atoms with van der Waals surface area (Å²) in [6.45, 7) is 2.02. The monoisotopic (exact) mass is 450 g/mol. The maximum Gasteiger partial charge on any atom is 0.257 e. The van der Waals surface area contributed by atoms with E-state index in [2.05, 4.69) is 20.6 Å². The second-order valence-corrected chi connectivity index (χ2v) is 8.40. The molecule has 1 aromatic heterocycles. The molecule has 0 bridgehead atoms. The number of hydrogen-bond donors (Lipinski definition) is 3. The maximum atomic E-state index is 12.9. The Kier molecular flexibility index (Phi) is 6.27. The molecule has 0 saturated heterocycles. The molecule has 0 saturated carbocycles. The SMILES string of the molecule is COc1cccc(NC(=O)[C@@H]2CC(=O)Nc3nc(SCc4ccc(C)cc4)[nH]c(=O)c32)c1. The Balaban J connectivity index is 1.56. The second-order valence-electron chi connectivity index (χ2n) is 7.43. The van der Waals surface area contributed by atoms with Gasteiger partial charge >= 0.3 is 0 Å². The molecular formula is C23H22N4O4S. The number of ether oxygens (including phenoxy) is 1. The maximum absolute atomic E-state index is 12.9. The molecule has 8 nitrogen and oxygen atoms in total. The number of nitrogens with one attached hydrogen (secondary N) is 3. The molecule has 32 heavy (non-hydrogen) atoms. The first-order valence-electron chi connectivity index (χ1n) is 10.0. The van der Waals surface area contributed by atoms with Crippen LogP contribution < -0.4 is 20.9 Å². The third kappa shape index (κ3) is 4.83. The number of fused-ring (bicyclic) bond motifs is 1. The van der Waals surface area contributed by atoms with E-state index in [0.717, 1.165) is 5.56 Å². The Morgan fingerprint density at radius 2 is 2.00 bits per heavy atom. The van der Waals surface area contributed by atoms with Gasteiger partial charge in [-0.15, -0.1) is 0 Å². The van der Waals surface area contributed by atoms with E-state index in [9.17, 15) is 14.4 Å². The van der Waals surface area contributed by atoms with E-state index in [0.29, 0.717) is 22.3 Å². The van der Waals surface area contributed by atoms with Gasteiger partial charge in [0.15, 0.2) is 5.16 Å². The van der Waals surface area contributed by atoms with Gasteiger partial charge in [0.2, 0.25) is 11.8 Å². The molecule has 164 valence electrons. The van der Waals surface area contributed by atoms with Crippen LogP contribution in [0.4, 0.5) is 11.5 Å². The largest absolute Gasteiger partial charge is 0.497 e. The van der Waals surface area contributed by atoms with Crippen LogP contribution in [0, 0.1) is 6.92 Å². The van der Waals surface area contributed by atoms with Gasteiger partial charge in [-0.2, -0.15) is 0 Å². The van der Waals surface area contributed by atoms with Gasteiger partial charge in [-0.1, -0.05) is 47.7 Å². The Morgan fingerprint density at radius 3 is 2.75 bits per heavy atom. The minimum absolute atomic E-state index is 0.127. The molecule has 3 N–H and O–H groups in total. The molecule has 9 heteroatoms. The van der Waals surface area contributed by atoms with E-state index in [1.807, 2.05) is 31.2 Å². The van der Waals surface area contributed by atoms with Crippen LogP contribution in [0.2, 0.25) is 0 Å². The zero-order valence-corrected chi connectivity index (χ0v) is 18.4. The first-order valence-corrected chi connectivity index (χ1v) is 11.0. The lowest BCUT2D eigenvalue weighted by Crippen LogP contribution is -2.36. The molecule has 2 aromatic carbocycles. The quantitative estimate of drug-likeness (QED) is 0.392. The predicted octanol–water partition coefficient (Wildman–Crippen LogP) is 3.44. The molecule has 0 aliphatic carbocycles. The summed E-state index contributed by atoms with van der Waals surface area (Å²) in [5.41, 5.74) is 2.48. The molecule has 1 aliphatic rings. The van der Waals surface area contributed by atoms with Crippen molar-refractivity contribution in [3.05, 3.63) is 75.6 Å². The normalized spacial score (nSPS) is 14.9. The van der Waals surface area contributed by atoms with Gasteiger partial charge in [-0.05, 0) is 24.6 Å². The van der Waals surface area contributed by atoms with Gasteiger partial charge in [0.1, 0.15) is 11.6 Å². The number of nitrogens with zero attached hydrogens (tertiary/aromatic N) is 1. The van der Waals surface area contributed by atoms with Crippen LogP contribution >= 0.6 is 11.8 Å². The summed E-state index contributed by atoms with van der Waals surface area (Å²) in [5, 5.41) is 5.76. The molecule has 0 radical (unpaired) electrons. The number of amides is 2. The van der Waals surface area contributed by atoms with Crippen LogP contribution in [0.25, 0.3) is 0 Å². The Hall–Kier alpha value is -3.59. The zero-order valence-electron chi connectivity index (χ0n) is 17.6. The first-order chi connectivity index (χ1) is 15.4. The highest BCUT2D eigenvalue weighted by Crippen LogP contribution is 2.31. The smallest absolute Gasteiger partial charge is 0.257 e. The fourth-order valence-corrected chi connectivity index (χ4v) is 4.23. The number of hydrogen-bond acceptors (Lipinski definition) is 6. The number of thioether (sulfide) groups is 1. The molecule has 4 rings (SSSR count). The van der Waals surface area contributed by atoms with Crippen LogP contribution in [-0.4, -0.2) is 28.9 Å². The van der Waals surface area contributed by atoms with E-state index < -0.39 is 17.4 Å². The highest BCUT2D eigenvalue weighted by molar-refractivity contribution is 7.98. The van der Waals surface area contributed by atoms with Crippen LogP contribution in [0.3, 0.4) is 0 Å². The summed E-state index contributed by atoms with van der Waals surface area (Å²) in [4.78, 5) is 45.2. The first kappa shape index (κ1) is 21.6. The number of anilines is 2. The number of H-pyrrole nitrogens is 1. The fraction of sp³-hybridized carbons (Fsp3) is 0.217. The van der Waals surface area contributed by atoms with Crippen LogP contribution in [0.15, 0.2) is 58.5 Å². The van der Waals surface area contributed by atoms with Gasteiger partial charge in [-0.25, -0.2) is 4.98 Å². The fourth-order valence-electron chi connectivity index (χ4n) is 3.41. The van der Waals surface area contributed by atoms with Crippen LogP contribution in [0.5, 0.6) is 5.75 Å². The van der Waals surface area contributed by atoms with Crippen molar-refractivity contribution in [3.8, 4) is 5.75 Å². The Bertz CT molecular complexity index is 1220. The molecular weight excluding hydrogens is 428 g/mol. The summed E-state index contributed by atoms with van der Waals surface area (Å²) < 4.78 is 5.17. The molecule has 0 unspecified atom stereocenters. The lowest BCUT2D eigenvalue weighted by Gasteiger charge is -2.23. The molecule has 2 heterocycles. The second kappa shape index (κ2) is 9.27. The van der Waals surface area contributed by atoms with Gasteiger partial charge in [-0.3, -0.25) is 14.4 Å². The predicted molar refractivity (Wildman–Crippen MR) is 123 cm³/mol. The van der Waals surface area contributed by atoms with Crippen molar-refractivity contribution in [2.45, 2.75) is 30.2 Å². The molecule has 1 aliphatic heterocycles. The average Bonchev–Trinajstić information content (AvgIpc) is 2.78. The lowest BCUT2D eigenvalue weighted by molar-refractivity contribution is -0.123. The van der Waals surface area contributed by atoms with E-state index in [1.54, 1.807) is 24.3 Å². The summed E-state index contributed by atoms with van der Waals surface area (Å²) in [6, 6.07) is 14.9. The number of benzene rings is 2. The van der Waals surface area contributed by atoms with Crippen molar-refractivity contribution in [2.24, 2.45) is 0 Å². The number of methoxy groups -OCH3 is 1. The summed E-state index contributed by atoms with van der Waals surface area (Å²) in [5.74, 6) is -0.452. The molecule has 0 spiro atoms. The third-order valence-corrected chi connectivity index (χ3v) is 6.02. The zero-order chi connectivity index (χ0) is 22.7. The molecule has 2 amide bonds. The van der Waals surface area contributed by atoms with Gasteiger partial charge in [0.25, 0.3) is 5.56 Å². The van der Waals surface area contributed by atoms with Crippen molar-refractivity contribution in [1.82, 2.24) is 9.97 Å². The van der Waals surface area contributed by atoms with E-state index in [4.69, 9.17) is 4.74 Å². The van der Waals surface area contributed by atoms with Gasteiger partial charge in [0, 0.05) is 23.9 Å². The highest BCUT2D eigenvalue weighted by Gasteiger charge is 2.34. The summed E-state index contributed by atoms with van der Waals surface area (Å²) >= 11 is 1.35. The lowest BCUT2D eigenvalue weighted by atomic mass is 9.92. The van der Waals surface area contributed by atoms with E-state index >= 15 is 0 Å². The number of carbonyl (C=O) groups excluding carboxylic acids is 2. The number of aromatic nitrogens is 2. The molecule has 0 fully saturated rings. The van der Waals surface area contributed by atoms with Crippen molar-refractivity contribution in [2.75, 3.05) is 17.7 Å². The number of aryl methyl sites for hydroxylation is 1. The summed E-state index contributed by atoms with van der Waals surface area (Å²) in [7, 11) is 1.53. The number of carbonyl (C=O) groups is 2. The third-order valence-electron chi connectivity index (χ3n) is 5.08. The molecule has 1 atom stereocenters. The van der Waals surface area contributed by atoms with Crippen molar-refractivity contribution < 1.29 is 14.3 Å². The topological polar surface area (TPSA) is 113 Å². The Morgan fingerprint density at radius 1 is 1.22 bits per heavy atom. The highest BCUT2D eigenvalue weighted by atomic mass is 32.2. The number of rotatable bonds is 6. The average molecular weight is 451 g/mol. The minimum Gasteiger partial charge on any atom is -0.497 e. The van der Waals surface area contributed by atoms with E-state index in [-0.39, 0.29) is 23.7 Å². The van der Waals surface area contributed by atoms with Crippen molar-refractivity contribution >= 4 is 35.1 Å². The van der Waals surface area contributed by atoms with Crippen molar-refractivity contribution in [3.63, 3.8) is 0 Å². The van der Waals surface area contributed by atoms with Gasteiger partial charge in [0.05, 0.1) is 18.6 Å². The molecule has 3 aromatic rings. The van der Waals surface area contributed by atoms with Crippen LogP contribution in [0.1, 0.15) is 29.0 Å².